The van der Waals surface area contributed by atoms with Gasteiger partial charge >= 0.3 is 0 Å². The molecule has 0 bridgehead atoms. The van der Waals surface area contributed by atoms with Crippen LogP contribution in [0.25, 0.3) is 0 Å². The first-order valence-corrected chi connectivity index (χ1v) is 8.92. The molecular weight excluding hydrogens is 324 g/mol. The van der Waals surface area contributed by atoms with Crippen molar-refractivity contribution in [3.05, 3.63) is 23.8 Å². The van der Waals surface area contributed by atoms with Crippen LogP contribution in [0.2, 0.25) is 0 Å². The van der Waals surface area contributed by atoms with Crippen LogP contribution in [0.15, 0.2) is 18.2 Å². The van der Waals surface area contributed by atoms with Crippen LogP contribution in [0.1, 0.15) is 31.2 Å². The largest absolute Gasteiger partial charge is 0.497 e. The second kappa shape index (κ2) is 9.50. The minimum Gasteiger partial charge on any atom is -0.497 e. The van der Waals surface area contributed by atoms with E-state index in [2.05, 4.69) is 16.3 Å². The molecule has 3 rings (SSSR count). The summed E-state index contributed by atoms with van der Waals surface area (Å²) in [7, 11) is 3.44. The lowest BCUT2D eigenvalue weighted by Crippen LogP contribution is -2.38. The summed E-state index contributed by atoms with van der Waals surface area (Å²) in [6, 6.07) is 6.18. The fraction of sp³-hybridized carbons (Fsp3) is 0.684. The Morgan fingerprint density at radius 1 is 1.08 bits per heavy atom. The van der Waals surface area contributed by atoms with Crippen LogP contribution in [-0.4, -0.2) is 45.3 Å². The Kier molecular flexibility index (Phi) is 7.66. The maximum Gasteiger partial charge on any atom is 0.127 e. The van der Waals surface area contributed by atoms with Crippen molar-refractivity contribution in [2.45, 2.75) is 32.2 Å². The first-order valence-electron chi connectivity index (χ1n) is 8.92. The fourth-order valence-electron chi connectivity index (χ4n) is 3.54. The predicted molar refractivity (Wildman–Crippen MR) is 100 cm³/mol. The van der Waals surface area contributed by atoms with Crippen molar-refractivity contribution in [1.29, 1.82) is 0 Å². The molecule has 1 heterocycles. The zero-order valence-corrected chi connectivity index (χ0v) is 15.7. The molecule has 1 saturated heterocycles. The molecule has 1 atom stereocenters. The van der Waals surface area contributed by atoms with Gasteiger partial charge in [-0.25, -0.2) is 0 Å². The highest BCUT2D eigenvalue weighted by Gasteiger charge is 2.26. The molecule has 2 aliphatic rings. The lowest BCUT2D eigenvalue weighted by Gasteiger charge is -2.30. The number of ether oxygens (including phenoxy) is 2. The first-order chi connectivity index (χ1) is 11.3. The van der Waals surface area contributed by atoms with Gasteiger partial charge < -0.3 is 14.8 Å². The summed E-state index contributed by atoms with van der Waals surface area (Å²) in [4.78, 5) is 2.64. The molecule has 0 spiro atoms. The summed E-state index contributed by atoms with van der Waals surface area (Å²) in [5.74, 6) is 3.49. The van der Waals surface area contributed by atoms with E-state index >= 15 is 0 Å². The average Bonchev–Trinajstić information content (AvgIpc) is 3.40. The number of rotatable bonds is 8. The number of nitrogens with zero attached hydrogens (tertiary/aromatic N) is 1. The van der Waals surface area contributed by atoms with Gasteiger partial charge in [0.1, 0.15) is 11.5 Å². The summed E-state index contributed by atoms with van der Waals surface area (Å²) < 4.78 is 10.9. The number of benzene rings is 1. The van der Waals surface area contributed by atoms with Crippen LogP contribution >= 0.6 is 12.4 Å². The highest BCUT2D eigenvalue weighted by atomic mass is 35.5. The Hall–Kier alpha value is -0.970. The minimum atomic E-state index is 0. The van der Waals surface area contributed by atoms with Crippen molar-refractivity contribution in [2.24, 2.45) is 11.8 Å². The third kappa shape index (κ3) is 5.54. The van der Waals surface area contributed by atoms with Crippen molar-refractivity contribution >= 4 is 12.4 Å². The fourth-order valence-corrected chi connectivity index (χ4v) is 3.54. The number of hydrogen-bond donors (Lipinski definition) is 1. The molecule has 1 N–H and O–H groups in total. The predicted octanol–water partition coefficient (Wildman–Crippen LogP) is 3.34. The van der Waals surface area contributed by atoms with E-state index in [0.29, 0.717) is 0 Å². The van der Waals surface area contributed by atoms with E-state index in [0.717, 1.165) is 29.9 Å². The molecule has 1 aliphatic carbocycles. The van der Waals surface area contributed by atoms with E-state index in [1.807, 2.05) is 12.1 Å². The lowest BCUT2D eigenvalue weighted by atomic mass is 9.98. The molecule has 136 valence electrons. The Balaban J connectivity index is 0.00000208. The maximum absolute atomic E-state index is 5.58. The molecule has 2 fully saturated rings. The standard InChI is InChI=1S/C19H30N2O2.ClH/c1-22-18-8-7-17(19(10-18)23-2)14-21(12-15-5-6-15)13-16-4-3-9-20-11-16;/h7-8,10,15-16,20H,3-6,9,11-14H2,1-2H3;1H. The molecule has 1 unspecified atom stereocenters. The highest BCUT2D eigenvalue weighted by molar-refractivity contribution is 5.85. The smallest absolute Gasteiger partial charge is 0.127 e. The molecular formula is C19H31ClN2O2. The molecule has 1 saturated carbocycles. The zero-order valence-electron chi connectivity index (χ0n) is 14.9. The Labute approximate surface area is 152 Å². The van der Waals surface area contributed by atoms with Crippen molar-refractivity contribution < 1.29 is 9.47 Å². The molecule has 1 aromatic rings. The van der Waals surface area contributed by atoms with E-state index in [1.54, 1.807) is 14.2 Å². The van der Waals surface area contributed by atoms with Gasteiger partial charge in [0.15, 0.2) is 0 Å². The third-order valence-corrected chi connectivity index (χ3v) is 5.02. The highest BCUT2D eigenvalue weighted by Crippen LogP contribution is 2.32. The van der Waals surface area contributed by atoms with Crippen molar-refractivity contribution in [3.8, 4) is 11.5 Å². The summed E-state index contributed by atoms with van der Waals surface area (Å²) in [5.41, 5.74) is 1.26. The van der Waals surface area contributed by atoms with Crippen LogP contribution in [0.3, 0.4) is 0 Å². The molecule has 4 nitrogen and oxygen atoms in total. The molecule has 24 heavy (non-hydrogen) atoms. The number of methoxy groups -OCH3 is 2. The van der Waals surface area contributed by atoms with Crippen LogP contribution in [0.5, 0.6) is 11.5 Å². The normalized spacial score (nSPS) is 20.5. The summed E-state index contributed by atoms with van der Waals surface area (Å²) >= 11 is 0. The van der Waals surface area contributed by atoms with Gasteiger partial charge in [-0.05, 0) is 56.7 Å². The van der Waals surface area contributed by atoms with E-state index in [-0.39, 0.29) is 12.4 Å². The van der Waals surface area contributed by atoms with Gasteiger partial charge in [-0.1, -0.05) is 6.07 Å². The van der Waals surface area contributed by atoms with Gasteiger partial charge in [-0.15, -0.1) is 12.4 Å². The topological polar surface area (TPSA) is 33.7 Å². The number of hydrogen-bond acceptors (Lipinski definition) is 4. The van der Waals surface area contributed by atoms with Gasteiger partial charge in [-0.2, -0.15) is 0 Å². The quantitative estimate of drug-likeness (QED) is 0.776. The number of halogens is 1. The average molecular weight is 355 g/mol. The van der Waals surface area contributed by atoms with Gasteiger partial charge in [-0.3, -0.25) is 4.90 Å². The van der Waals surface area contributed by atoms with E-state index in [1.165, 1.54) is 57.4 Å². The van der Waals surface area contributed by atoms with Gasteiger partial charge in [0.25, 0.3) is 0 Å². The summed E-state index contributed by atoms with van der Waals surface area (Å²) in [6.45, 7) is 5.75. The van der Waals surface area contributed by atoms with Crippen LogP contribution in [0, 0.1) is 11.8 Å². The van der Waals surface area contributed by atoms with Gasteiger partial charge in [0.2, 0.25) is 0 Å². The molecule has 0 radical (unpaired) electrons. The molecule has 0 amide bonds. The van der Waals surface area contributed by atoms with Gasteiger partial charge in [0.05, 0.1) is 14.2 Å². The van der Waals surface area contributed by atoms with Crippen molar-refractivity contribution in [2.75, 3.05) is 40.4 Å². The van der Waals surface area contributed by atoms with Crippen molar-refractivity contribution in [1.82, 2.24) is 10.2 Å². The number of nitrogens with one attached hydrogen (secondary N) is 1. The Morgan fingerprint density at radius 3 is 2.50 bits per heavy atom. The van der Waals surface area contributed by atoms with Crippen molar-refractivity contribution in [3.63, 3.8) is 0 Å². The molecule has 5 heteroatoms. The summed E-state index contributed by atoms with van der Waals surface area (Å²) in [6.07, 6.45) is 5.47. The van der Waals surface area contributed by atoms with Crippen LogP contribution in [-0.2, 0) is 6.54 Å². The molecule has 1 aliphatic heterocycles. The molecule has 1 aromatic carbocycles. The second-order valence-corrected chi connectivity index (χ2v) is 7.03. The number of piperidine rings is 1. The SMILES string of the molecule is COc1ccc(CN(CC2CC2)CC2CCCNC2)c(OC)c1.Cl. The third-order valence-electron chi connectivity index (χ3n) is 5.02. The second-order valence-electron chi connectivity index (χ2n) is 7.03. The first kappa shape index (κ1) is 19.4. The monoisotopic (exact) mass is 354 g/mol. The van der Waals surface area contributed by atoms with E-state index in [4.69, 9.17) is 9.47 Å². The molecule has 0 aromatic heterocycles. The summed E-state index contributed by atoms with van der Waals surface area (Å²) in [5, 5.41) is 3.54. The maximum atomic E-state index is 5.58. The van der Waals surface area contributed by atoms with Crippen LogP contribution in [0.4, 0.5) is 0 Å². The van der Waals surface area contributed by atoms with E-state index in [9.17, 15) is 0 Å². The zero-order chi connectivity index (χ0) is 16.1. The van der Waals surface area contributed by atoms with Gasteiger partial charge in [0, 0.05) is 31.3 Å². The van der Waals surface area contributed by atoms with Crippen LogP contribution < -0.4 is 14.8 Å². The Morgan fingerprint density at radius 2 is 1.88 bits per heavy atom. The minimum absolute atomic E-state index is 0. The van der Waals surface area contributed by atoms with E-state index < -0.39 is 0 Å². The Bertz CT molecular complexity index is 502. The lowest BCUT2D eigenvalue weighted by molar-refractivity contribution is 0.192.